The van der Waals surface area contributed by atoms with Crippen LogP contribution in [-0.4, -0.2) is 86.4 Å². The Balaban J connectivity index is 0.000000303. The molecule has 0 atom stereocenters. The molecule has 2 N–H and O–H groups in total. The largest absolute Gasteiger partial charge is 0.490 e. The number of fused-ring (bicyclic) bond motifs is 2. The minimum Gasteiger partial charge on any atom is -0.475 e. The molecule has 4 heterocycles. The molecule has 234 valence electrons. The van der Waals surface area contributed by atoms with Gasteiger partial charge in [0, 0.05) is 31.7 Å². The van der Waals surface area contributed by atoms with Crippen molar-refractivity contribution in [1.29, 1.82) is 0 Å². The molecular formula is C26H25F7N4O5S. The molecular weight excluding hydrogens is 613 g/mol. The van der Waals surface area contributed by atoms with Crippen molar-refractivity contribution < 1.29 is 55.3 Å². The van der Waals surface area contributed by atoms with Crippen LogP contribution >= 0.6 is 11.3 Å². The maximum absolute atomic E-state index is 13.8. The van der Waals surface area contributed by atoms with Crippen LogP contribution < -0.4 is 0 Å². The first kappa shape index (κ1) is 33.5. The standard InChI is InChI=1S/C22H23FN4OS.2C2HF3O2/c1-25-11-12-27-18(16-4-2-5-17(23)14-16)15-24-21(27)22(25)7-9-26(10-8-22)20(28)19-6-3-13-29-19;2*3-2(4,5)1(6)7/h2-6,13-15H,7-12H2,1H3;2*(H,6,7). The number of aliphatic carboxylic acids is 2. The molecule has 5 rings (SSSR count). The highest BCUT2D eigenvalue weighted by molar-refractivity contribution is 7.12. The van der Waals surface area contributed by atoms with E-state index in [2.05, 4.69) is 16.5 Å². The van der Waals surface area contributed by atoms with E-state index in [0.717, 1.165) is 47.9 Å². The lowest BCUT2D eigenvalue weighted by molar-refractivity contribution is -0.193. The van der Waals surface area contributed by atoms with Gasteiger partial charge in [-0.1, -0.05) is 18.2 Å². The lowest BCUT2D eigenvalue weighted by Gasteiger charge is -2.49. The smallest absolute Gasteiger partial charge is 0.475 e. The normalized spacial score (nSPS) is 16.3. The Kier molecular flexibility index (Phi) is 10.2. The molecule has 0 unspecified atom stereocenters. The molecule has 2 aliphatic rings. The predicted molar refractivity (Wildman–Crippen MR) is 139 cm³/mol. The van der Waals surface area contributed by atoms with E-state index in [1.807, 2.05) is 34.7 Å². The van der Waals surface area contributed by atoms with Gasteiger partial charge in [-0.25, -0.2) is 19.0 Å². The summed E-state index contributed by atoms with van der Waals surface area (Å²) in [5.41, 5.74) is 1.63. The third kappa shape index (κ3) is 7.90. The molecule has 2 aromatic heterocycles. The summed E-state index contributed by atoms with van der Waals surface area (Å²) in [6.45, 7) is 3.16. The lowest BCUT2D eigenvalue weighted by Crippen LogP contribution is -2.57. The van der Waals surface area contributed by atoms with Gasteiger partial charge < -0.3 is 19.7 Å². The third-order valence-electron chi connectivity index (χ3n) is 6.88. The summed E-state index contributed by atoms with van der Waals surface area (Å²) in [5, 5.41) is 16.2. The zero-order valence-corrected chi connectivity index (χ0v) is 23.1. The molecule has 9 nitrogen and oxygen atoms in total. The number of hydrogen-bond donors (Lipinski definition) is 2. The van der Waals surface area contributed by atoms with Gasteiger partial charge in [-0.15, -0.1) is 11.3 Å². The van der Waals surface area contributed by atoms with Crippen LogP contribution in [0.25, 0.3) is 11.3 Å². The molecule has 2 aliphatic heterocycles. The second-order valence-corrected chi connectivity index (χ2v) is 10.4. The molecule has 17 heteroatoms. The van der Waals surface area contributed by atoms with Crippen molar-refractivity contribution >= 4 is 29.2 Å². The van der Waals surface area contributed by atoms with Gasteiger partial charge in [-0.05, 0) is 43.5 Å². The summed E-state index contributed by atoms with van der Waals surface area (Å²) in [5.74, 6) is -4.59. The Labute approximate surface area is 243 Å². The average Bonchev–Trinajstić information content (AvgIpc) is 3.62. The van der Waals surface area contributed by atoms with Crippen molar-refractivity contribution in [2.75, 3.05) is 26.7 Å². The maximum atomic E-state index is 13.8. The van der Waals surface area contributed by atoms with Crippen LogP contribution in [0.15, 0.2) is 48.0 Å². The molecule has 43 heavy (non-hydrogen) atoms. The van der Waals surface area contributed by atoms with Crippen molar-refractivity contribution in [2.24, 2.45) is 0 Å². The molecule has 1 fully saturated rings. The minimum absolute atomic E-state index is 0.122. The number of benzene rings is 1. The van der Waals surface area contributed by atoms with Gasteiger partial charge >= 0.3 is 24.3 Å². The van der Waals surface area contributed by atoms with Crippen molar-refractivity contribution in [3.8, 4) is 11.3 Å². The number of carboxylic acid groups (broad SMARTS) is 2. The number of likely N-dealkylation sites (tertiary alicyclic amines) is 1. The lowest BCUT2D eigenvalue weighted by atomic mass is 9.83. The number of thiophene rings is 1. The molecule has 1 saturated heterocycles. The first-order chi connectivity index (χ1) is 20.0. The summed E-state index contributed by atoms with van der Waals surface area (Å²) in [7, 11) is 2.15. The van der Waals surface area contributed by atoms with Gasteiger partial charge in [0.1, 0.15) is 11.6 Å². The molecule has 1 amide bonds. The summed E-state index contributed by atoms with van der Waals surface area (Å²) < 4.78 is 79.5. The van der Waals surface area contributed by atoms with Crippen LogP contribution in [-0.2, 0) is 21.7 Å². The number of carbonyl (C=O) groups excluding carboxylic acids is 1. The number of piperidine rings is 1. The number of likely N-dealkylation sites (N-methyl/N-ethyl adjacent to an activating group) is 1. The van der Waals surface area contributed by atoms with Gasteiger partial charge in [-0.3, -0.25) is 9.69 Å². The van der Waals surface area contributed by atoms with Gasteiger partial charge in [0.25, 0.3) is 5.91 Å². The number of rotatable bonds is 2. The van der Waals surface area contributed by atoms with Crippen LogP contribution in [0.3, 0.4) is 0 Å². The summed E-state index contributed by atoms with van der Waals surface area (Å²) in [6, 6.07) is 10.5. The number of aromatic nitrogens is 2. The van der Waals surface area contributed by atoms with Crippen molar-refractivity contribution in [3.05, 3.63) is 64.5 Å². The summed E-state index contributed by atoms with van der Waals surface area (Å²) in [4.78, 5) is 40.5. The fourth-order valence-electron chi connectivity index (χ4n) is 4.73. The summed E-state index contributed by atoms with van der Waals surface area (Å²) >= 11 is 1.49. The van der Waals surface area contributed by atoms with E-state index in [9.17, 15) is 35.5 Å². The second kappa shape index (κ2) is 13.1. The number of halogens is 7. The minimum atomic E-state index is -5.08. The summed E-state index contributed by atoms with van der Waals surface area (Å²) in [6.07, 6.45) is -6.60. The topological polar surface area (TPSA) is 116 Å². The maximum Gasteiger partial charge on any atom is 0.490 e. The van der Waals surface area contributed by atoms with Crippen LogP contribution in [0.1, 0.15) is 28.3 Å². The molecule has 1 spiro atoms. The monoisotopic (exact) mass is 638 g/mol. The zero-order valence-electron chi connectivity index (χ0n) is 22.3. The van der Waals surface area contributed by atoms with Gasteiger partial charge in [0.05, 0.1) is 22.3 Å². The van der Waals surface area contributed by atoms with E-state index in [0.29, 0.717) is 13.1 Å². The van der Waals surface area contributed by atoms with E-state index < -0.39 is 24.3 Å². The zero-order chi connectivity index (χ0) is 32.2. The van der Waals surface area contributed by atoms with E-state index >= 15 is 0 Å². The highest BCUT2D eigenvalue weighted by Crippen LogP contribution is 2.42. The second-order valence-electron chi connectivity index (χ2n) is 9.46. The van der Waals surface area contributed by atoms with E-state index in [4.69, 9.17) is 24.8 Å². The number of amides is 1. The number of nitrogens with zero attached hydrogens (tertiary/aromatic N) is 4. The number of carbonyl (C=O) groups is 3. The molecule has 0 radical (unpaired) electrons. The highest BCUT2D eigenvalue weighted by atomic mass is 32.1. The fraction of sp³-hybridized carbons (Fsp3) is 0.385. The van der Waals surface area contributed by atoms with Crippen LogP contribution in [0.5, 0.6) is 0 Å². The van der Waals surface area contributed by atoms with Crippen LogP contribution in [0.2, 0.25) is 0 Å². The Morgan fingerprint density at radius 3 is 1.98 bits per heavy atom. The Morgan fingerprint density at radius 2 is 1.49 bits per heavy atom. The number of imidazole rings is 1. The molecule has 0 bridgehead atoms. The van der Waals surface area contributed by atoms with Crippen LogP contribution in [0.4, 0.5) is 30.7 Å². The van der Waals surface area contributed by atoms with E-state index in [-0.39, 0.29) is 17.3 Å². The first-order valence-electron chi connectivity index (χ1n) is 12.4. The van der Waals surface area contributed by atoms with E-state index in [1.165, 1.54) is 17.4 Å². The van der Waals surface area contributed by atoms with Gasteiger partial charge in [0.2, 0.25) is 0 Å². The SMILES string of the molecule is CN1CCn2c(-c3cccc(F)c3)cnc2C12CCN(C(=O)c1cccs1)CC2.O=C(O)C(F)(F)F.O=C(O)C(F)(F)F. The van der Waals surface area contributed by atoms with Crippen LogP contribution in [0, 0.1) is 5.82 Å². The van der Waals surface area contributed by atoms with Gasteiger partial charge in [-0.2, -0.15) is 26.3 Å². The number of alkyl halides is 6. The molecule has 3 aromatic rings. The number of hydrogen-bond acceptors (Lipinski definition) is 6. The van der Waals surface area contributed by atoms with E-state index in [1.54, 1.807) is 12.1 Å². The quantitative estimate of drug-likeness (QED) is 0.376. The fourth-order valence-corrected chi connectivity index (χ4v) is 5.42. The Bertz CT molecular complexity index is 1410. The number of carboxylic acids is 2. The molecule has 1 aromatic carbocycles. The van der Waals surface area contributed by atoms with Crippen molar-refractivity contribution in [3.63, 3.8) is 0 Å². The third-order valence-corrected chi connectivity index (χ3v) is 7.73. The highest BCUT2D eigenvalue weighted by Gasteiger charge is 2.46. The molecule has 0 saturated carbocycles. The predicted octanol–water partition coefficient (Wildman–Crippen LogP) is 5.09. The van der Waals surface area contributed by atoms with Gasteiger partial charge in [0.15, 0.2) is 0 Å². The Hall–Kier alpha value is -3.99. The van der Waals surface area contributed by atoms with Crippen molar-refractivity contribution in [1.82, 2.24) is 19.4 Å². The average molecular weight is 639 g/mol. The first-order valence-corrected chi connectivity index (χ1v) is 13.3. The molecule has 0 aliphatic carbocycles. The van der Waals surface area contributed by atoms with Crippen molar-refractivity contribution in [2.45, 2.75) is 37.3 Å². The Morgan fingerprint density at radius 1 is 0.907 bits per heavy atom.